The molecule has 0 atom stereocenters. The molecule has 1 aliphatic heterocycles. The summed E-state index contributed by atoms with van der Waals surface area (Å²) in [5.41, 5.74) is 8.28. The summed E-state index contributed by atoms with van der Waals surface area (Å²) >= 11 is 0. The Labute approximate surface area is 387 Å². The first-order valence-corrected chi connectivity index (χ1v) is 26.5. The van der Waals surface area contributed by atoms with Crippen LogP contribution in [0.4, 0.5) is 5.69 Å². The second-order valence-electron chi connectivity index (χ2n) is 26.0. The van der Waals surface area contributed by atoms with Crippen LogP contribution in [0, 0.1) is 0 Å². The van der Waals surface area contributed by atoms with Crippen LogP contribution in [0.25, 0.3) is 291 Å². The fraction of sp³-hybridized carbons (Fsp3) is 0.0580. The zero-order chi connectivity index (χ0) is 42.2. The molecule has 0 unspecified atom stereocenters. The number of hydrazone groups is 1. The minimum absolute atomic E-state index is 0.375. The van der Waals surface area contributed by atoms with Crippen LogP contribution < -0.4 is 5.01 Å². The van der Waals surface area contributed by atoms with Crippen molar-refractivity contribution in [3.8, 4) is 0 Å². The van der Waals surface area contributed by atoms with E-state index < -0.39 is 5.54 Å². The molecule has 0 amide bonds. The second-order valence-corrected chi connectivity index (χ2v) is 26.0. The molecule has 2 spiro atoms. The van der Waals surface area contributed by atoms with Gasteiger partial charge in [-0.05, 0) is 321 Å². The van der Waals surface area contributed by atoms with Crippen molar-refractivity contribution in [3.63, 3.8) is 0 Å². The normalized spacial score (nSPS) is 22.5. The van der Waals surface area contributed by atoms with Crippen molar-refractivity contribution in [2.45, 2.75) is 24.3 Å². The highest BCUT2D eigenvalue weighted by Gasteiger charge is 2.73. The lowest BCUT2D eigenvalue weighted by molar-refractivity contribution is 0.302. The first-order chi connectivity index (χ1) is 35.3. The molecule has 5 aliphatic rings. The number of hydrogen-bond acceptors (Lipinski definition) is 2. The van der Waals surface area contributed by atoms with E-state index in [0.29, 0.717) is 0 Å². The van der Waals surface area contributed by atoms with Gasteiger partial charge < -0.3 is 0 Å². The van der Waals surface area contributed by atoms with Crippen LogP contribution in [-0.4, -0.2) is 5.71 Å². The molecule has 0 N–H and O–H groups in total. The molecule has 29 aromatic carbocycles. The Morgan fingerprint density at radius 2 is 0.465 bits per heavy atom. The van der Waals surface area contributed by atoms with Crippen molar-refractivity contribution >= 4 is 302 Å². The maximum absolute atomic E-state index is 6.12. The summed E-state index contributed by atoms with van der Waals surface area (Å²) in [4.78, 5) is 0. The number of rotatable bonds is 1. The van der Waals surface area contributed by atoms with Crippen molar-refractivity contribution in [2.24, 2.45) is 5.10 Å². The van der Waals surface area contributed by atoms with Crippen LogP contribution in [0.1, 0.15) is 35.6 Å². The lowest BCUT2D eigenvalue weighted by atomic mass is 9.50. The summed E-state index contributed by atoms with van der Waals surface area (Å²) in [6, 6.07) is 11.7. The Bertz CT molecular complexity index is 7270. The highest BCUT2D eigenvalue weighted by molar-refractivity contribution is 6.82. The quantitative estimate of drug-likeness (QED) is 0.150. The molecular formula is C69H10N2. The molecular weight excluding hydrogens is 857 g/mol. The van der Waals surface area contributed by atoms with Gasteiger partial charge in [0.1, 0.15) is 5.54 Å². The molecule has 34 rings (SSSR count). The van der Waals surface area contributed by atoms with Crippen molar-refractivity contribution in [1.29, 1.82) is 0 Å². The summed E-state index contributed by atoms with van der Waals surface area (Å²) in [6.07, 6.45) is 0.950. The Morgan fingerprint density at radius 1 is 0.268 bits per heavy atom. The minimum Gasteiger partial charge on any atom is -0.249 e. The maximum atomic E-state index is 6.12. The van der Waals surface area contributed by atoms with Crippen LogP contribution in [0.5, 0.6) is 0 Å². The van der Waals surface area contributed by atoms with E-state index in [0.717, 1.165) is 6.42 Å². The highest BCUT2D eigenvalue weighted by Crippen LogP contribution is 2.85. The van der Waals surface area contributed by atoms with Crippen molar-refractivity contribution in [2.75, 3.05) is 5.01 Å². The molecule has 0 fully saturated rings. The van der Waals surface area contributed by atoms with Crippen LogP contribution >= 0.6 is 0 Å². The molecule has 296 valence electrons. The number of anilines is 1. The summed E-state index contributed by atoms with van der Waals surface area (Å²) in [7, 11) is 0. The van der Waals surface area contributed by atoms with Crippen molar-refractivity contribution in [3.05, 3.63) is 52.6 Å². The standard InChI is InChI=1S/C69H10N2/c1-8-7-68-64-56-48-38-28-20-12-10-11-14-18-16(12)24-32-26(18)36-30-22(14)23-15(11)19-17-13(10)21(20)29-35-25(17)33-27(19)37-31(23)41-40(30)52-46(36)54-44(32)50(42(48)34(24)28)58(64)60(54)66-62(52)63-53(41)47(37)55-45(33)51-43(35)49(39(29)38)57(56)65(68)59(51)61(55)67(63)69(66,68)71(70-8)9-5-3-2-4-6-9/h2-6H,7H2,1H3. The molecule has 0 aromatic heterocycles. The third-order valence-electron chi connectivity index (χ3n) is 25.6. The van der Waals surface area contributed by atoms with Gasteiger partial charge in [-0.2, -0.15) is 5.10 Å². The fourth-order valence-corrected chi connectivity index (χ4v) is 25.5. The molecule has 0 radical (unpaired) electrons. The van der Waals surface area contributed by atoms with Gasteiger partial charge in [0.05, 0.1) is 11.1 Å². The van der Waals surface area contributed by atoms with Gasteiger partial charge in [0.25, 0.3) is 0 Å². The van der Waals surface area contributed by atoms with Crippen molar-refractivity contribution < 1.29 is 0 Å². The lowest BCUT2D eigenvalue weighted by Gasteiger charge is -2.60. The van der Waals surface area contributed by atoms with E-state index in [1.165, 1.54) is 11.4 Å². The molecule has 0 bridgehead atoms. The van der Waals surface area contributed by atoms with E-state index in [-0.39, 0.29) is 5.41 Å². The molecule has 2 nitrogen and oxygen atoms in total. The lowest BCUT2D eigenvalue weighted by Crippen LogP contribution is -2.63. The van der Waals surface area contributed by atoms with Crippen LogP contribution in [0.2, 0.25) is 0 Å². The molecule has 29 aromatic rings. The van der Waals surface area contributed by atoms with E-state index in [1.807, 2.05) is 0 Å². The fourth-order valence-electron chi connectivity index (χ4n) is 25.5. The van der Waals surface area contributed by atoms with Gasteiger partial charge in [-0.25, -0.2) is 5.01 Å². The molecule has 4 aliphatic carbocycles. The highest BCUT2D eigenvalue weighted by atomic mass is 15.5. The molecule has 2 heteroatoms. The monoisotopic (exact) mass is 866 g/mol. The molecule has 1 heterocycles. The van der Waals surface area contributed by atoms with Gasteiger partial charge in [-0.15, -0.1) is 0 Å². The first kappa shape index (κ1) is 26.2. The smallest absolute Gasteiger partial charge is 0.130 e. The average Bonchev–Trinajstić information content (AvgIpc) is 4.42. The third-order valence-corrected chi connectivity index (χ3v) is 25.6. The largest absolute Gasteiger partial charge is 0.249 e. The Hall–Kier alpha value is -8.85. The third kappa shape index (κ3) is 1.40. The SMILES string of the molecule is CC1=NN(c2ccccc2)C23c4c5c6c7c8c9c(c%10c%11c2c2c4c4c%12c5c5c6c6c8c8c%13c9c9c%10c%10c%11c%11c2c2c4c4c%12c%12c5c5c6c8c6c8c%13c9c9c%10c%10c%11c2c2c4c4c%12c5c6c5c8c9c%10c2c45)C73C1. The number of para-hydroxylation sites is 1. The van der Waals surface area contributed by atoms with Crippen LogP contribution in [0.3, 0.4) is 0 Å². The molecule has 71 heavy (non-hydrogen) atoms. The predicted octanol–water partition coefficient (Wildman–Crippen LogP) is 18.5. The summed E-state index contributed by atoms with van der Waals surface area (Å²) < 4.78 is 0. The van der Waals surface area contributed by atoms with Gasteiger partial charge in [0.2, 0.25) is 0 Å². The average molecular weight is 867 g/mol. The van der Waals surface area contributed by atoms with Gasteiger partial charge in [-0.1, -0.05) is 18.2 Å². The Morgan fingerprint density at radius 3 is 0.690 bits per heavy atom. The van der Waals surface area contributed by atoms with E-state index in [1.54, 1.807) is 313 Å². The van der Waals surface area contributed by atoms with E-state index >= 15 is 0 Å². The summed E-state index contributed by atoms with van der Waals surface area (Å²) in [5.74, 6) is 0. The Balaban J connectivity index is 1.19. The topological polar surface area (TPSA) is 15.6 Å². The molecule has 0 saturated heterocycles. The predicted molar refractivity (Wildman–Crippen MR) is 301 cm³/mol. The summed E-state index contributed by atoms with van der Waals surface area (Å²) in [6.45, 7) is 2.41. The molecule has 0 saturated carbocycles. The van der Waals surface area contributed by atoms with Crippen molar-refractivity contribution in [1.82, 2.24) is 0 Å². The summed E-state index contributed by atoms with van der Waals surface area (Å²) in [5, 5.41) is 97.7. The van der Waals surface area contributed by atoms with E-state index in [4.69, 9.17) is 5.10 Å². The Kier molecular flexibility index (Phi) is 2.19. The zero-order valence-electron chi connectivity index (χ0n) is 36.5. The maximum Gasteiger partial charge on any atom is 0.130 e. The van der Waals surface area contributed by atoms with Gasteiger partial charge in [0.15, 0.2) is 0 Å². The first-order valence-electron chi connectivity index (χ1n) is 26.5. The number of hydrogen-bond donors (Lipinski definition) is 0. The van der Waals surface area contributed by atoms with Gasteiger partial charge >= 0.3 is 0 Å². The van der Waals surface area contributed by atoms with Crippen LogP contribution in [-0.2, 0) is 11.0 Å². The van der Waals surface area contributed by atoms with E-state index in [9.17, 15) is 0 Å². The minimum atomic E-state index is -0.570. The second kappa shape index (κ2) is 5.93. The van der Waals surface area contributed by atoms with Crippen LogP contribution in [0.15, 0.2) is 35.4 Å². The van der Waals surface area contributed by atoms with Gasteiger partial charge in [-0.3, -0.25) is 0 Å². The van der Waals surface area contributed by atoms with E-state index in [2.05, 4.69) is 42.3 Å². The zero-order valence-corrected chi connectivity index (χ0v) is 36.5. The number of nitrogens with zero attached hydrogens (tertiary/aromatic N) is 2. The number of benzene rings is 19. The van der Waals surface area contributed by atoms with Gasteiger partial charge in [0, 0.05) is 23.3 Å².